The van der Waals surface area contributed by atoms with Crippen LogP contribution in [0.4, 0.5) is 0 Å². The number of nitrogens with zero attached hydrogens (tertiary/aromatic N) is 1. The molecule has 0 radical (unpaired) electrons. The number of aryl methyl sites for hydroxylation is 1. The number of hydrogen-bond donors (Lipinski definition) is 2. The summed E-state index contributed by atoms with van der Waals surface area (Å²) in [7, 11) is 0. The van der Waals surface area contributed by atoms with Gasteiger partial charge < -0.3 is 4.42 Å². The number of rotatable bonds is 3. The van der Waals surface area contributed by atoms with E-state index in [0.29, 0.717) is 11.3 Å². The Bertz CT molecular complexity index is 394. The first kappa shape index (κ1) is 12.1. The SMILES string of the molecule is Cc1oc(CN2CCCCC2)cc1C(=O)NN. The van der Waals surface area contributed by atoms with Crippen LogP contribution in [0.5, 0.6) is 0 Å². The molecule has 0 aromatic carbocycles. The number of carbonyl (C=O) groups excluding carboxylic acids is 1. The highest BCUT2D eigenvalue weighted by Crippen LogP contribution is 2.18. The van der Waals surface area contributed by atoms with E-state index in [2.05, 4.69) is 10.3 Å². The normalized spacial score (nSPS) is 17.1. The fourth-order valence-electron chi connectivity index (χ4n) is 2.26. The molecule has 1 saturated heterocycles. The van der Waals surface area contributed by atoms with Crippen molar-refractivity contribution in [3.63, 3.8) is 0 Å². The van der Waals surface area contributed by atoms with E-state index >= 15 is 0 Å². The van der Waals surface area contributed by atoms with Gasteiger partial charge in [0.05, 0.1) is 12.1 Å². The Morgan fingerprint density at radius 2 is 2.18 bits per heavy atom. The van der Waals surface area contributed by atoms with Gasteiger partial charge in [-0.25, -0.2) is 5.84 Å². The number of hydrogen-bond acceptors (Lipinski definition) is 4. The van der Waals surface area contributed by atoms with Gasteiger partial charge in [0, 0.05) is 0 Å². The molecule has 17 heavy (non-hydrogen) atoms. The van der Waals surface area contributed by atoms with Crippen molar-refractivity contribution in [3.05, 3.63) is 23.2 Å². The fraction of sp³-hybridized carbons (Fsp3) is 0.583. The zero-order chi connectivity index (χ0) is 12.3. The van der Waals surface area contributed by atoms with Crippen molar-refractivity contribution in [2.45, 2.75) is 32.7 Å². The summed E-state index contributed by atoms with van der Waals surface area (Å²) >= 11 is 0. The molecule has 1 aliphatic heterocycles. The number of piperidine rings is 1. The second kappa shape index (κ2) is 5.33. The largest absolute Gasteiger partial charge is 0.464 e. The predicted molar refractivity (Wildman–Crippen MR) is 64.2 cm³/mol. The summed E-state index contributed by atoms with van der Waals surface area (Å²) < 4.78 is 5.58. The Morgan fingerprint density at radius 1 is 1.47 bits per heavy atom. The van der Waals surface area contributed by atoms with E-state index in [9.17, 15) is 4.79 Å². The molecule has 1 aliphatic rings. The molecule has 2 rings (SSSR count). The molecule has 5 nitrogen and oxygen atoms in total. The molecule has 94 valence electrons. The summed E-state index contributed by atoms with van der Waals surface area (Å²) in [4.78, 5) is 13.8. The molecule has 1 aromatic rings. The van der Waals surface area contributed by atoms with Crippen LogP contribution in [0.2, 0.25) is 0 Å². The van der Waals surface area contributed by atoms with Crippen molar-refractivity contribution < 1.29 is 9.21 Å². The first-order valence-electron chi connectivity index (χ1n) is 6.03. The maximum Gasteiger partial charge on any atom is 0.268 e. The predicted octanol–water partition coefficient (Wildman–Crippen LogP) is 1.18. The number of amides is 1. The van der Waals surface area contributed by atoms with Crippen molar-refractivity contribution in [1.29, 1.82) is 0 Å². The van der Waals surface area contributed by atoms with E-state index in [1.807, 2.05) is 0 Å². The van der Waals surface area contributed by atoms with E-state index in [0.717, 1.165) is 25.4 Å². The van der Waals surface area contributed by atoms with E-state index < -0.39 is 0 Å². The first-order valence-corrected chi connectivity index (χ1v) is 6.03. The van der Waals surface area contributed by atoms with Gasteiger partial charge in [0.1, 0.15) is 11.5 Å². The fourth-order valence-corrected chi connectivity index (χ4v) is 2.26. The molecule has 1 aromatic heterocycles. The zero-order valence-electron chi connectivity index (χ0n) is 10.2. The van der Waals surface area contributed by atoms with Gasteiger partial charge in [0.25, 0.3) is 5.91 Å². The second-order valence-electron chi connectivity index (χ2n) is 4.49. The summed E-state index contributed by atoms with van der Waals surface area (Å²) in [6, 6.07) is 1.78. The minimum Gasteiger partial charge on any atom is -0.464 e. The summed E-state index contributed by atoms with van der Waals surface area (Å²) in [6.45, 7) is 4.78. The van der Waals surface area contributed by atoms with Crippen LogP contribution in [-0.4, -0.2) is 23.9 Å². The molecule has 1 amide bonds. The maximum absolute atomic E-state index is 11.4. The van der Waals surface area contributed by atoms with E-state index in [1.54, 1.807) is 13.0 Å². The molecule has 5 heteroatoms. The molecule has 0 atom stereocenters. The van der Waals surface area contributed by atoms with E-state index in [-0.39, 0.29) is 5.91 Å². The standard InChI is InChI=1S/C12H19N3O2/c1-9-11(12(16)14-13)7-10(17-9)8-15-5-3-2-4-6-15/h7H,2-6,8,13H2,1H3,(H,14,16). The quantitative estimate of drug-likeness (QED) is 0.470. The van der Waals surface area contributed by atoms with Crippen molar-refractivity contribution in [3.8, 4) is 0 Å². The highest BCUT2D eigenvalue weighted by atomic mass is 16.3. The Kier molecular flexibility index (Phi) is 3.81. The van der Waals surface area contributed by atoms with Crippen molar-refractivity contribution in [1.82, 2.24) is 10.3 Å². The molecule has 0 aliphatic carbocycles. The van der Waals surface area contributed by atoms with Crippen LogP contribution in [0, 0.1) is 6.92 Å². The Labute approximate surface area is 101 Å². The van der Waals surface area contributed by atoms with Gasteiger partial charge in [-0.3, -0.25) is 15.1 Å². The van der Waals surface area contributed by atoms with Crippen LogP contribution in [0.3, 0.4) is 0 Å². The van der Waals surface area contributed by atoms with Crippen molar-refractivity contribution in [2.75, 3.05) is 13.1 Å². The van der Waals surface area contributed by atoms with Crippen LogP contribution in [0.15, 0.2) is 10.5 Å². The van der Waals surface area contributed by atoms with Gasteiger partial charge in [-0.1, -0.05) is 6.42 Å². The average molecular weight is 237 g/mol. The number of nitrogen functional groups attached to an aromatic ring is 1. The summed E-state index contributed by atoms with van der Waals surface area (Å²) in [5, 5.41) is 0. The molecule has 0 spiro atoms. The van der Waals surface area contributed by atoms with Crippen molar-refractivity contribution in [2.24, 2.45) is 5.84 Å². The van der Waals surface area contributed by atoms with E-state index in [1.165, 1.54) is 19.3 Å². The minimum atomic E-state index is -0.295. The first-order chi connectivity index (χ1) is 8.20. The Morgan fingerprint density at radius 3 is 2.82 bits per heavy atom. The van der Waals surface area contributed by atoms with E-state index in [4.69, 9.17) is 10.3 Å². The van der Waals surface area contributed by atoms with Crippen LogP contribution in [0.1, 0.15) is 41.1 Å². The summed E-state index contributed by atoms with van der Waals surface area (Å²) in [6.07, 6.45) is 3.81. The third kappa shape index (κ3) is 2.87. The third-order valence-electron chi connectivity index (χ3n) is 3.17. The van der Waals surface area contributed by atoms with Gasteiger partial charge in [-0.15, -0.1) is 0 Å². The molecule has 1 fully saturated rings. The highest BCUT2D eigenvalue weighted by molar-refractivity contribution is 5.94. The maximum atomic E-state index is 11.4. The van der Waals surface area contributed by atoms with Crippen LogP contribution in [0.25, 0.3) is 0 Å². The van der Waals surface area contributed by atoms with Crippen LogP contribution in [-0.2, 0) is 6.54 Å². The lowest BCUT2D eigenvalue weighted by Crippen LogP contribution is -2.30. The summed E-state index contributed by atoms with van der Waals surface area (Å²) in [5.41, 5.74) is 2.65. The lowest BCUT2D eigenvalue weighted by atomic mass is 10.1. The smallest absolute Gasteiger partial charge is 0.268 e. The Hall–Kier alpha value is -1.33. The lowest BCUT2D eigenvalue weighted by Gasteiger charge is -2.25. The zero-order valence-corrected chi connectivity index (χ0v) is 10.2. The number of nitrogens with one attached hydrogen (secondary N) is 1. The monoisotopic (exact) mass is 237 g/mol. The number of nitrogens with two attached hydrogens (primary N) is 1. The molecule has 0 unspecified atom stereocenters. The van der Waals surface area contributed by atoms with Crippen LogP contribution < -0.4 is 11.3 Å². The summed E-state index contributed by atoms with van der Waals surface area (Å²) in [5.74, 6) is 6.28. The molecule has 0 saturated carbocycles. The molecular formula is C12H19N3O2. The van der Waals surface area contributed by atoms with Gasteiger partial charge in [0.2, 0.25) is 0 Å². The molecule has 2 heterocycles. The third-order valence-corrected chi connectivity index (χ3v) is 3.17. The topological polar surface area (TPSA) is 71.5 Å². The van der Waals surface area contributed by atoms with Gasteiger partial charge in [0.15, 0.2) is 0 Å². The van der Waals surface area contributed by atoms with Gasteiger partial charge >= 0.3 is 0 Å². The molecular weight excluding hydrogens is 218 g/mol. The number of hydrazine groups is 1. The second-order valence-corrected chi connectivity index (χ2v) is 4.49. The number of furan rings is 1. The van der Waals surface area contributed by atoms with Gasteiger partial charge in [-0.05, 0) is 38.9 Å². The number of carbonyl (C=O) groups is 1. The molecule has 0 bridgehead atoms. The molecule has 3 N–H and O–H groups in total. The number of likely N-dealkylation sites (tertiary alicyclic amines) is 1. The van der Waals surface area contributed by atoms with Crippen molar-refractivity contribution >= 4 is 5.91 Å². The minimum absolute atomic E-state index is 0.295. The van der Waals surface area contributed by atoms with Crippen LogP contribution >= 0.6 is 0 Å². The lowest BCUT2D eigenvalue weighted by molar-refractivity contribution is 0.0952. The highest BCUT2D eigenvalue weighted by Gasteiger charge is 2.17. The Balaban J connectivity index is 2.03. The van der Waals surface area contributed by atoms with Gasteiger partial charge in [-0.2, -0.15) is 0 Å². The average Bonchev–Trinajstić information content (AvgIpc) is 2.70.